The molecule has 2 nitrogen and oxygen atoms in total. The lowest BCUT2D eigenvalue weighted by atomic mass is 10.0. The molecule has 0 saturated heterocycles. The van der Waals surface area contributed by atoms with Gasteiger partial charge >= 0.3 is 0 Å². The number of aromatic nitrogens is 1. The summed E-state index contributed by atoms with van der Waals surface area (Å²) in [6.07, 6.45) is 1.76. The second-order valence-corrected chi connectivity index (χ2v) is 7.83. The molecule has 0 aliphatic heterocycles. The zero-order valence-corrected chi connectivity index (χ0v) is 17.7. The number of hydrogen-bond donors (Lipinski definition) is 0. The van der Waals surface area contributed by atoms with E-state index < -0.39 is 5.82 Å². The minimum Gasteiger partial charge on any atom is -0.340 e. The van der Waals surface area contributed by atoms with Gasteiger partial charge in [0.15, 0.2) is 0 Å². The Morgan fingerprint density at radius 1 is 1.07 bits per heavy atom. The molecule has 0 fully saturated rings. The molecule has 0 unspecified atom stereocenters. The van der Waals surface area contributed by atoms with E-state index in [-0.39, 0.29) is 11.1 Å². The van der Waals surface area contributed by atoms with E-state index in [1.165, 1.54) is 6.07 Å². The van der Waals surface area contributed by atoms with Crippen molar-refractivity contribution in [2.75, 3.05) is 0 Å². The van der Waals surface area contributed by atoms with Gasteiger partial charge in [0.25, 0.3) is 0 Å². The van der Waals surface area contributed by atoms with Gasteiger partial charge in [-0.15, -0.1) is 0 Å². The molecule has 0 aliphatic carbocycles. The standard InChI is InChI=1S/C25H17Cl2FN2/c1-16-22(12-18(14-29)20-6-2-4-8-24(20)28)21-7-3-5-9-25(21)30(16)15-17-10-11-19(26)13-23(17)27/h2-13H,15H2,1H3. The molecule has 0 radical (unpaired) electrons. The number of halogens is 3. The zero-order chi connectivity index (χ0) is 21.3. The third-order valence-electron chi connectivity index (χ3n) is 5.20. The Kier molecular flexibility index (Phi) is 5.63. The SMILES string of the molecule is Cc1c(C=C(C#N)c2ccccc2F)c2ccccc2n1Cc1ccc(Cl)cc1Cl. The molecule has 1 heterocycles. The van der Waals surface area contributed by atoms with Gasteiger partial charge < -0.3 is 4.57 Å². The number of rotatable bonds is 4. The van der Waals surface area contributed by atoms with Crippen LogP contribution < -0.4 is 0 Å². The molecular weight excluding hydrogens is 418 g/mol. The third kappa shape index (κ3) is 3.73. The van der Waals surface area contributed by atoms with Crippen LogP contribution in [0.15, 0.2) is 66.7 Å². The fourth-order valence-electron chi connectivity index (χ4n) is 3.66. The van der Waals surface area contributed by atoms with E-state index >= 15 is 0 Å². The lowest BCUT2D eigenvalue weighted by Crippen LogP contribution is -2.02. The second kappa shape index (κ2) is 8.36. The molecule has 0 amide bonds. The first-order valence-electron chi connectivity index (χ1n) is 9.38. The van der Waals surface area contributed by atoms with Crippen LogP contribution >= 0.6 is 23.2 Å². The van der Waals surface area contributed by atoms with Gasteiger partial charge in [0.05, 0.1) is 11.6 Å². The van der Waals surface area contributed by atoms with Crippen LogP contribution in [0.1, 0.15) is 22.4 Å². The van der Waals surface area contributed by atoms with Gasteiger partial charge in [-0.2, -0.15) is 5.26 Å². The predicted octanol–water partition coefficient (Wildman–Crippen LogP) is 7.51. The third-order valence-corrected chi connectivity index (χ3v) is 5.78. The minimum atomic E-state index is -0.417. The fourth-order valence-corrected chi connectivity index (χ4v) is 4.13. The summed E-state index contributed by atoms with van der Waals surface area (Å²) in [5.74, 6) is -0.417. The molecule has 4 rings (SSSR count). The van der Waals surface area contributed by atoms with E-state index in [0.717, 1.165) is 27.7 Å². The Bertz CT molecular complexity index is 1330. The average Bonchev–Trinajstić information content (AvgIpc) is 3.00. The van der Waals surface area contributed by atoms with Crippen molar-refractivity contribution in [1.29, 1.82) is 5.26 Å². The summed E-state index contributed by atoms with van der Waals surface area (Å²) in [5.41, 5.74) is 4.37. The van der Waals surface area contributed by atoms with Crippen LogP contribution in [0.25, 0.3) is 22.6 Å². The van der Waals surface area contributed by atoms with Crippen LogP contribution in [0.5, 0.6) is 0 Å². The summed E-state index contributed by atoms with van der Waals surface area (Å²) >= 11 is 12.4. The smallest absolute Gasteiger partial charge is 0.131 e. The summed E-state index contributed by atoms with van der Waals surface area (Å²) in [6, 6.07) is 21.9. The Morgan fingerprint density at radius 3 is 2.53 bits per heavy atom. The quantitative estimate of drug-likeness (QED) is 0.305. The van der Waals surface area contributed by atoms with Crippen molar-refractivity contribution in [3.05, 3.63) is 105 Å². The van der Waals surface area contributed by atoms with E-state index in [4.69, 9.17) is 23.2 Å². The Balaban J connectivity index is 1.89. The normalized spacial score (nSPS) is 11.6. The summed E-state index contributed by atoms with van der Waals surface area (Å²) in [5, 5.41) is 11.9. The lowest BCUT2D eigenvalue weighted by Gasteiger charge is -2.11. The Labute approximate surface area is 184 Å². The molecule has 0 spiro atoms. The summed E-state index contributed by atoms with van der Waals surface area (Å²) in [4.78, 5) is 0. The molecule has 1 aromatic heterocycles. The van der Waals surface area contributed by atoms with Crippen LogP contribution in [-0.4, -0.2) is 4.57 Å². The number of para-hydroxylation sites is 1. The molecule has 0 N–H and O–H groups in total. The molecule has 148 valence electrons. The highest BCUT2D eigenvalue weighted by molar-refractivity contribution is 6.35. The number of benzene rings is 3. The minimum absolute atomic E-state index is 0.281. The predicted molar refractivity (Wildman–Crippen MR) is 122 cm³/mol. The number of allylic oxidation sites excluding steroid dienone is 1. The lowest BCUT2D eigenvalue weighted by molar-refractivity contribution is 0.624. The van der Waals surface area contributed by atoms with Gasteiger partial charge in [0, 0.05) is 44.3 Å². The van der Waals surface area contributed by atoms with Gasteiger partial charge in [0.2, 0.25) is 0 Å². The van der Waals surface area contributed by atoms with Crippen molar-refractivity contribution >= 4 is 45.8 Å². The van der Waals surface area contributed by atoms with Crippen molar-refractivity contribution in [2.24, 2.45) is 0 Å². The molecule has 4 aromatic rings. The van der Waals surface area contributed by atoms with Gasteiger partial charge in [-0.1, -0.05) is 65.7 Å². The van der Waals surface area contributed by atoms with Crippen LogP contribution in [0.3, 0.4) is 0 Å². The molecule has 30 heavy (non-hydrogen) atoms. The fraction of sp³-hybridized carbons (Fsp3) is 0.0800. The molecule has 0 saturated carbocycles. The molecule has 3 aromatic carbocycles. The van der Waals surface area contributed by atoms with E-state index in [9.17, 15) is 9.65 Å². The van der Waals surface area contributed by atoms with Crippen molar-refractivity contribution < 1.29 is 4.39 Å². The van der Waals surface area contributed by atoms with Gasteiger partial charge in [-0.05, 0) is 42.8 Å². The maximum absolute atomic E-state index is 14.3. The van der Waals surface area contributed by atoms with Gasteiger partial charge in [-0.3, -0.25) is 0 Å². The van der Waals surface area contributed by atoms with Gasteiger partial charge in [0.1, 0.15) is 5.82 Å². The Morgan fingerprint density at radius 2 is 1.80 bits per heavy atom. The first-order valence-corrected chi connectivity index (χ1v) is 10.1. The molecular formula is C25H17Cl2FN2. The number of hydrogen-bond acceptors (Lipinski definition) is 1. The Hall–Kier alpha value is -3.06. The molecule has 0 aliphatic rings. The van der Waals surface area contributed by atoms with Gasteiger partial charge in [-0.25, -0.2) is 4.39 Å². The second-order valence-electron chi connectivity index (χ2n) is 6.99. The number of nitrogens with zero attached hydrogens (tertiary/aromatic N) is 2. The largest absolute Gasteiger partial charge is 0.340 e. The zero-order valence-electron chi connectivity index (χ0n) is 16.2. The van der Waals surface area contributed by atoms with Crippen molar-refractivity contribution in [3.8, 4) is 6.07 Å². The van der Waals surface area contributed by atoms with E-state index in [0.29, 0.717) is 16.6 Å². The number of nitriles is 1. The molecule has 0 bridgehead atoms. The van der Waals surface area contributed by atoms with Crippen LogP contribution in [0, 0.1) is 24.1 Å². The summed E-state index contributed by atoms with van der Waals surface area (Å²) in [6.45, 7) is 2.55. The van der Waals surface area contributed by atoms with Crippen molar-refractivity contribution in [2.45, 2.75) is 13.5 Å². The highest BCUT2D eigenvalue weighted by Gasteiger charge is 2.16. The summed E-state index contributed by atoms with van der Waals surface area (Å²) < 4.78 is 16.4. The average molecular weight is 435 g/mol. The number of fused-ring (bicyclic) bond motifs is 1. The topological polar surface area (TPSA) is 28.7 Å². The van der Waals surface area contributed by atoms with E-state index in [1.807, 2.05) is 43.3 Å². The van der Waals surface area contributed by atoms with Crippen molar-refractivity contribution in [1.82, 2.24) is 4.57 Å². The maximum Gasteiger partial charge on any atom is 0.131 e. The van der Waals surface area contributed by atoms with E-state index in [1.54, 1.807) is 30.3 Å². The monoisotopic (exact) mass is 434 g/mol. The molecule has 0 atom stereocenters. The highest BCUT2D eigenvalue weighted by atomic mass is 35.5. The molecule has 5 heteroatoms. The van der Waals surface area contributed by atoms with Crippen molar-refractivity contribution in [3.63, 3.8) is 0 Å². The highest BCUT2D eigenvalue weighted by Crippen LogP contribution is 2.32. The maximum atomic E-state index is 14.3. The summed E-state index contributed by atoms with van der Waals surface area (Å²) in [7, 11) is 0. The first-order chi connectivity index (χ1) is 14.5. The van der Waals surface area contributed by atoms with Crippen LogP contribution in [0.4, 0.5) is 4.39 Å². The van der Waals surface area contributed by atoms with Crippen LogP contribution in [0.2, 0.25) is 10.0 Å². The first kappa shape index (κ1) is 20.2. The van der Waals surface area contributed by atoms with Crippen LogP contribution in [-0.2, 0) is 6.54 Å². The van der Waals surface area contributed by atoms with E-state index in [2.05, 4.69) is 10.6 Å².